The van der Waals surface area contributed by atoms with Crippen molar-refractivity contribution in [3.8, 4) is 5.75 Å². The molecule has 3 aromatic rings. The van der Waals surface area contributed by atoms with Gasteiger partial charge in [-0.25, -0.2) is 0 Å². The normalized spacial score (nSPS) is 18.1. The molecule has 0 saturated carbocycles. The molecule has 166 valence electrons. The lowest BCUT2D eigenvalue weighted by atomic mass is 9.93. The zero-order valence-corrected chi connectivity index (χ0v) is 20.5. The van der Waals surface area contributed by atoms with Crippen LogP contribution in [0.4, 0.5) is 0 Å². The molecule has 0 aromatic heterocycles. The zero-order chi connectivity index (χ0) is 22.8. The zero-order valence-electron chi connectivity index (χ0n) is 18.2. The van der Waals surface area contributed by atoms with Crippen molar-refractivity contribution in [2.45, 2.75) is 30.8 Å². The first-order chi connectivity index (χ1) is 15.4. The predicted octanol–water partition coefficient (Wildman–Crippen LogP) is 6.84. The van der Waals surface area contributed by atoms with Gasteiger partial charge in [-0.15, -0.1) is 0 Å². The molecule has 2 unspecified atom stereocenters. The summed E-state index contributed by atoms with van der Waals surface area (Å²) in [5, 5.41) is 7.14. The van der Waals surface area contributed by atoms with Crippen LogP contribution in [-0.4, -0.2) is 24.4 Å². The quantitative estimate of drug-likeness (QED) is 0.388. The van der Waals surface area contributed by atoms with Gasteiger partial charge in [0.2, 0.25) is 0 Å². The molecule has 1 aliphatic heterocycles. The molecule has 7 heteroatoms. The van der Waals surface area contributed by atoms with E-state index in [0.717, 1.165) is 39.4 Å². The fraction of sp³-hybridized carbons (Fsp3) is 0.240. The van der Waals surface area contributed by atoms with E-state index in [4.69, 9.17) is 38.1 Å². The molecule has 0 spiro atoms. The van der Waals surface area contributed by atoms with Crippen molar-refractivity contribution in [3.05, 3.63) is 93.0 Å². The number of rotatable bonds is 6. The van der Waals surface area contributed by atoms with Crippen LogP contribution in [0, 0.1) is 6.92 Å². The van der Waals surface area contributed by atoms with Gasteiger partial charge in [0.05, 0.1) is 23.2 Å². The van der Waals surface area contributed by atoms with Gasteiger partial charge in [0.25, 0.3) is 0 Å². The molecule has 0 radical (unpaired) electrons. The van der Waals surface area contributed by atoms with Crippen LogP contribution in [0.1, 0.15) is 41.3 Å². The molecule has 1 aliphatic rings. The Kier molecular flexibility index (Phi) is 7.01. The Hall–Kier alpha value is -2.18. The smallest absolute Gasteiger partial charge is 0.135 e. The number of hydrogen-bond donors (Lipinski definition) is 1. The highest BCUT2D eigenvalue weighted by molar-refractivity contribution is 7.97. The van der Waals surface area contributed by atoms with Gasteiger partial charge in [0.15, 0.2) is 0 Å². The summed E-state index contributed by atoms with van der Waals surface area (Å²) in [6.45, 7) is 4.57. The standard InChI is InChI=1S/C25H25Cl2N3OS/c1-4-31-21-14-20(27)22(32-28)13-19(21)25-29-23(16-7-5-15(2)6-8-16)24(30(25)3)17-9-11-18(26)12-10-17/h5-14,23-24H,4,28H2,1-3H3. The molecule has 4 rings (SSSR count). The van der Waals surface area contributed by atoms with Gasteiger partial charge in [0, 0.05) is 23.0 Å². The maximum atomic E-state index is 6.41. The summed E-state index contributed by atoms with van der Waals surface area (Å²) in [6, 6.07) is 20.2. The number of benzene rings is 3. The van der Waals surface area contributed by atoms with E-state index in [1.807, 2.05) is 31.2 Å². The summed E-state index contributed by atoms with van der Waals surface area (Å²) in [4.78, 5) is 8.18. The van der Waals surface area contributed by atoms with Gasteiger partial charge < -0.3 is 9.64 Å². The molecular formula is C25H25Cl2N3OS. The van der Waals surface area contributed by atoms with Crippen molar-refractivity contribution in [1.82, 2.24) is 4.90 Å². The van der Waals surface area contributed by atoms with Crippen LogP contribution in [0.15, 0.2) is 70.6 Å². The van der Waals surface area contributed by atoms with Gasteiger partial charge in [-0.1, -0.05) is 65.2 Å². The van der Waals surface area contributed by atoms with E-state index in [0.29, 0.717) is 22.4 Å². The molecule has 2 N–H and O–H groups in total. The van der Waals surface area contributed by atoms with Crippen LogP contribution in [0.3, 0.4) is 0 Å². The third-order valence-electron chi connectivity index (χ3n) is 5.64. The average molecular weight is 486 g/mol. The molecule has 2 atom stereocenters. The Balaban J connectivity index is 1.86. The molecule has 4 nitrogen and oxygen atoms in total. The van der Waals surface area contributed by atoms with Crippen LogP contribution >= 0.6 is 35.1 Å². The van der Waals surface area contributed by atoms with E-state index in [1.54, 1.807) is 0 Å². The molecule has 0 aliphatic carbocycles. The second-order valence-electron chi connectivity index (χ2n) is 7.75. The van der Waals surface area contributed by atoms with Crippen LogP contribution in [0.5, 0.6) is 5.75 Å². The number of aliphatic imine (C=N–C) groups is 1. The minimum atomic E-state index is -0.0871. The van der Waals surface area contributed by atoms with E-state index in [1.165, 1.54) is 5.56 Å². The number of hydrogen-bond acceptors (Lipinski definition) is 5. The summed E-state index contributed by atoms with van der Waals surface area (Å²) in [5.41, 5.74) is 4.38. The summed E-state index contributed by atoms with van der Waals surface area (Å²) in [6.07, 6.45) is 0. The van der Waals surface area contributed by atoms with Crippen molar-refractivity contribution < 1.29 is 4.74 Å². The van der Waals surface area contributed by atoms with Crippen LogP contribution in [0.2, 0.25) is 10.0 Å². The molecule has 32 heavy (non-hydrogen) atoms. The number of amidine groups is 1. The lowest BCUT2D eigenvalue weighted by Crippen LogP contribution is -2.28. The highest BCUT2D eigenvalue weighted by Crippen LogP contribution is 2.44. The monoisotopic (exact) mass is 485 g/mol. The highest BCUT2D eigenvalue weighted by Gasteiger charge is 2.37. The van der Waals surface area contributed by atoms with Gasteiger partial charge in [-0.3, -0.25) is 10.1 Å². The van der Waals surface area contributed by atoms with E-state index in [2.05, 4.69) is 55.3 Å². The molecular weight excluding hydrogens is 461 g/mol. The fourth-order valence-corrected chi connectivity index (χ4v) is 4.83. The molecule has 0 bridgehead atoms. The van der Waals surface area contributed by atoms with Crippen LogP contribution < -0.4 is 9.88 Å². The van der Waals surface area contributed by atoms with Crippen LogP contribution in [0.25, 0.3) is 0 Å². The van der Waals surface area contributed by atoms with E-state index in [-0.39, 0.29) is 12.1 Å². The number of aryl methyl sites for hydroxylation is 1. The molecule has 0 amide bonds. The summed E-state index contributed by atoms with van der Waals surface area (Å²) in [7, 11) is 2.06. The third-order valence-corrected chi connectivity index (χ3v) is 6.91. The second-order valence-corrected chi connectivity index (χ2v) is 9.26. The maximum Gasteiger partial charge on any atom is 0.135 e. The third kappa shape index (κ3) is 4.48. The first-order valence-corrected chi connectivity index (χ1v) is 12.0. The minimum Gasteiger partial charge on any atom is -0.493 e. The minimum absolute atomic E-state index is 0.00380. The summed E-state index contributed by atoms with van der Waals surface area (Å²) < 4.78 is 5.93. The molecule has 3 aromatic carbocycles. The van der Waals surface area contributed by atoms with E-state index >= 15 is 0 Å². The van der Waals surface area contributed by atoms with Gasteiger partial charge >= 0.3 is 0 Å². The second kappa shape index (κ2) is 9.75. The highest BCUT2D eigenvalue weighted by atomic mass is 35.5. The Bertz CT molecular complexity index is 1130. The van der Waals surface area contributed by atoms with Crippen LogP contribution in [-0.2, 0) is 0 Å². The molecule has 0 fully saturated rings. The lowest BCUT2D eigenvalue weighted by molar-refractivity contribution is 0.336. The average Bonchev–Trinajstić information content (AvgIpc) is 3.12. The van der Waals surface area contributed by atoms with Crippen molar-refractivity contribution in [1.29, 1.82) is 0 Å². The number of nitrogens with two attached hydrogens (primary N) is 1. The Labute approximate surface area is 203 Å². The fourth-order valence-electron chi connectivity index (χ4n) is 4.06. The largest absolute Gasteiger partial charge is 0.493 e. The van der Waals surface area contributed by atoms with Crippen molar-refractivity contribution >= 4 is 41.0 Å². The first-order valence-electron chi connectivity index (χ1n) is 10.4. The van der Waals surface area contributed by atoms with Crippen molar-refractivity contribution in [2.24, 2.45) is 10.1 Å². The Morgan fingerprint density at radius 1 is 1.03 bits per heavy atom. The lowest BCUT2D eigenvalue weighted by Gasteiger charge is -2.28. The maximum absolute atomic E-state index is 6.41. The number of likely N-dealkylation sites (N-methyl/N-ethyl adjacent to an activating group) is 1. The number of nitrogens with zero attached hydrogens (tertiary/aromatic N) is 2. The number of halogens is 2. The van der Waals surface area contributed by atoms with E-state index in [9.17, 15) is 0 Å². The molecule has 1 heterocycles. The molecule has 0 saturated heterocycles. The Morgan fingerprint density at radius 2 is 1.69 bits per heavy atom. The van der Waals surface area contributed by atoms with Gasteiger partial charge in [-0.2, -0.15) is 0 Å². The first kappa shape index (κ1) is 23.0. The predicted molar refractivity (Wildman–Crippen MR) is 135 cm³/mol. The van der Waals surface area contributed by atoms with E-state index < -0.39 is 0 Å². The summed E-state index contributed by atoms with van der Waals surface area (Å²) >= 11 is 13.7. The van der Waals surface area contributed by atoms with Gasteiger partial charge in [-0.05, 0) is 55.1 Å². The Morgan fingerprint density at radius 3 is 2.31 bits per heavy atom. The summed E-state index contributed by atoms with van der Waals surface area (Å²) in [5.74, 6) is 1.53. The van der Waals surface area contributed by atoms with Crippen molar-refractivity contribution in [3.63, 3.8) is 0 Å². The number of ether oxygens (including phenoxy) is 1. The SMILES string of the molecule is CCOc1cc(Cl)c(SN)cc1C1=NC(c2ccc(C)cc2)C(c2ccc(Cl)cc2)N1C. The topological polar surface area (TPSA) is 50.9 Å². The van der Waals surface area contributed by atoms with Gasteiger partial charge in [0.1, 0.15) is 17.6 Å². The van der Waals surface area contributed by atoms with Crippen molar-refractivity contribution in [2.75, 3.05) is 13.7 Å².